The maximum absolute atomic E-state index is 12.3. The third-order valence-electron chi connectivity index (χ3n) is 3.72. The molecule has 1 heterocycles. The number of ether oxygens (including phenoxy) is 2. The predicted molar refractivity (Wildman–Crippen MR) is 106 cm³/mol. The van der Waals surface area contributed by atoms with Gasteiger partial charge in [0, 0.05) is 19.3 Å². The molecule has 6 nitrogen and oxygen atoms in total. The number of nitrogens with zero attached hydrogens (tertiary/aromatic N) is 1. The van der Waals surface area contributed by atoms with E-state index in [1.165, 1.54) is 0 Å². The number of carbonyl (C=O) groups excluding carboxylic acids is 1. The van der Waals surface area contributed by atoms with Crippen LogP contribution in [-0.4, -0.2) is 31.2 Å². The summed E-state index contributed by atoms with van der Waals surface area (Å²) in [6, 6.07) is 20.2. The van der Waals surface area contributed by atoms with Gasteiger partial charge in [-0.05, 0) is 48.5 Å². The van der Waals surface area contributed by atoms with E-state index in [4.69, 9.17) is 9.47 Å². The largest absolute Gasteiger partial charge is 0.457 e. The summed E-state index contributed by atoms with van der Waals surface area (Å²) in [5, 5.41) is 5.98. The second-order valence-electron chi connectivity index (χ2n) is 5.75. The van der Waals surface area contributed by atoms with Gasteiger partial charge in [0.25, 0.3) is 5.91 Å². The molecule has 0 aliphatic heterocycles. The van der Waals surface area contributed by atoms with Gasteiger partial charge in [-0.25, -0.2) is 4.98 Å². The Balaban J connectivity index is 1.55. The van der Waals surface area contributed by atoms with E-state index in [1.54, 1.807) is 43.6 Å². The average molecular weight is 363 g/mol. The van der Waals surface area contributed by atoms with E-state index in [-0.39, 0.29) is 5.91 Å². The molecule has 138 valence electrons. The molecular formula is C21H21N3O3. The third kappa shape index (κ3) is 5.55. The van der Waals surface area contributed by atoms with E-state index in [2.05, 4.69) is 15.6 Å². The van der Waals surface area contributed by atoms with Gasteiger partial charge in [-0.2, -0.15) is 0 Å². The van der Waals surface area contributed by atoms with Crippen LogP contribution in [0, 0.1) is 0 Å². The first-order valence-electron chi connectivity index (χ1n) is 8.58. The standard InChI is InChI=1S/C21H21N3O3/c1-26-14-13-22-17-9-12-20(23-15-17)21(25)24-16-7-10-19(11-8-16)27-18-5-3-2-4-6-18/h2-12,15,22H,13-14H2,1H3,(H,24,25). The number of amides is 1. The molecule has 27 heavy (non-hydrogen) atoms. The molecule has 0 unspecified atom stereocenters. The summed E-state index contributed by atoms with van der Waals surface area (Å²) in [5.74, 6) is 1.19. The predicted octanol–water partition coefficient (Wildman–Crippen LogP) is 4.18. The monoisotopic (exact) mass is 363 g/mol. The number of benzene rings is 2. The van der Waals surface area contributed by atoms with Crippen LogP contribution < -0.4 is 15.4 Å². The molecular weight excluding hydrogens is 342 g/mol. The van der Waals surface area contributed by atoms with Gasteiger partial charge in [-0.3, -0.25) is 4.79 Å². The number of pyridine rings is 1. The molecule has 0 aliphatic rings. The molecule has 0 saturated carbocycles. The number of para-hydroxylation sites is 1. The van der Waals surface area contributed by atoms with Crippen molar-refractivity contribution >= 4 is 17.3 Å². The Hall–Kier alpha value is -3.38. The van der Waals surface area contributed by atoms with Crippen molar-refractivity contribution in [1.82, 2.24) is 4.98 Å². The maximum Gasteiger partial charge on any atom is 0.274 e. The molecule has 0 saturated heterocycles. The van der Waals surface area contributed by atoms with Gasteiger partial charge >= 0.3 is 0 Å². The van der Waals surface area contributed by atoms with Crippen molar-refractivity contribution in [3.63, 3.8) is 0 Å². The lowest BCUT2D eigenvalue weighted by Crippen LogP contribution is -2.14. The van der Waals surface area contributed by atoms with E-state index in [0.717, 1.165) is 11.4 Å². The van der Waals surface area contributed by atoms with Crippen molar-refractivity contribution in [2.24, 2.45) is 0 Å². The van der Waals surface area contributed by atoms with Crippen molar-refractivity contribution in [3.8, 4) is 11.5 Å². The zero-order valence-electron chi connectivity index (χ0n) is 15.0. The van der Waals surface area contributed by atoms with Gasteiger partial charge < -0.3 is 20.1 Å². The van der Waals surface area contributed by atoms with Crippen LogP contribution >= 0.6 is 0 Å². The summed E-state index contributed by atoms with van der Waals surface area (Å²) in [7, 11) is 1.65. The Kier molecular flexibility index (Phi) is 6.38. The van der Waals surface area contributed by atoms with Gasteiger partial charge in [0.05, 0.1) is 18.5 Å². The number of carbonyl (C=O) groups is 1. The minimum Gasteiger partial charge on any atom is -0.457 e. The average Bonchev–Trinajstić information content (AvgIpc) is 2.71. The molecule has 0 spiro atoms. The molecule has 0 aliphatic carbocycles. The highest BCUT2D eigenvalue weighted by molar-refractivity contribution is 6.02. The fraction of sp³-hybridized carbons (Fsp3) is 0.143. The van der Waals surface area contributed by atoms with Crippen LogP contribution in [0.5, 0.6) is 11.5 Å². The molecule has 0 atom stereocenters. The zero-order chi connectivity index (χ0) is 18.9. The van der Waals surface area contributed by atoms with Gasteiger partial charge in [-0.15, -0.1) is 0 Å². The Morgan fingerprint density at radius 2 is 1.63 bits per heavy atom. The minimum absolute atomic E-state index is 0.268. The quantitative estimate of drug-likeness (QED) is 0.587. The van der Waals surface area contributed by atoms with Crippen LogP contribution in [-0.2, 0) is 4.74 Å². The van der Waals surface area contributed by atoms with Gasteiger partial charge in [0.2, 0.25) is 0 Å². The summed E-state index contributed by atoms with van der Waals surface area (Å²) in [4.78, 5) is 16.5. The molecule has 3 aromatic rings. The number of nitrogens with one attached hydrogen (secondary N) is 2. The van der Waals surface area contributed by atoms with Crippen LogP contribution in [0.3, 0.4) is 0 Å². The van der Waals surface area contributed by atoms with Crippen molar-refractivity contribution in [2.75, 3.05) is 30.9 Å². The lowest BCUT2D eigenvalue weighted by atomic mass is 10.2. The van der Waals surface area contributed by atoms with E-state index in [0.29, 0.717) is 30.3 Å². The number of aromatic nitrogens is 1. The highest BCUT2D eigenvalue weighted by atomic mass is 16.5. The Bertz CT molecular complexity index is 850. The molecule has 1 aromatic heterocycles. The Morgan fingerprint density at radius 3 is 2.30 bits per heavy atom. The molecule has 3 rings (SSSR count). The number of anilines is 2. The fourth-order valence-corrected chi connectivity index (χ4v) is 2.36. The van der Waals surface area contributed by atoms with Crippen LogP contribution in [0.15, 0.2) is 72.9 Å². The lowest BCUT2D eigenvalue weighted by Gasteiger charge is -2.09. The zero-order valence-corrected chi connectivity index (χ0v) is 15.0. The Morgan fingerprint density at radius 1 is 0.926 bits per heavy atom. The van der Waals surface area contributed by atoms with Crippen LogP contribution in [0.4, 0.5) is 11.4 Å². The topological polar surface area (TPSA) is 72.5 Å². The van der Waals surface area contributed by atoms with Gasteiger partial charge in [0.15, 0.2) is 0 Å². The number of rotatable bonds is 8. The van der Waals surface area contributed by atoms with Crippen LogP contribution in [0.25, 0.3) is 0 Å². The molecule has 0 bridgehead atoms. The maximum atomic E-state index is 12.3. The fourth-order valence-electron chi connectivity index (χ4n) is 2.36. The van der Waals surface area contributed by atoms with Crippen LogP contribution in [0.1, 0.15) is 10.5 Å². The second-order valence-corrected chi connectivity index (χ2v) is 5.75. The summed E-state index contributed by atoms with van der Waals surface area (Å²) >= 11 is 0. The van der Waals surface area contributed by atoms with Gasteiger partial charge in [-0.1, -0.05) is 18.2 Å². The second kappa shape index (κ2) is 9.35. The summed E-state index contributed by atoms with van der Waals surface area (Å²) in [6.45, 7) is 1.29. The van der Waals surface area contributed by atoms with Crippen molar-refractivity contribution < 1.29 is 14.3 Å². The molecule has 2 aromatic carbocycles. The molecule has 2 N–H and O–H groups in total. The third-order valence-corrected chi connectivity index (χ3v) is 3.72. The van der Waals surface area contributed by atoms with Crippen molar-refractivity contribution in [1.29, 1.82) is 0 Å². The van der Waals surface area contributed by atoms with E-state index in [9.17, 15) is 4.79 Å². The van der Waals surface area contributed by atoms with Crippen molar-refractivity contribution in [3.05, 3.63) is 78.6 Å². The molecule has 6 heteroatoms. The highest BCUT2D eigenvalue weighted by Gasteiger charge is 2.08. The smallest absolute Gasteiger partial charge is 0.274 e. The first-order valence-corrected chi connectivity index (χ1v) is 8.58. The Labute approximate surface area is 158 Å². The first-order chi connectivity index (χ1) is 13.2. The van der Waals surface area contributed by atoms with Gasteiger partial charge in [0.1, 0.15) is 17.2 Å². The summed E-state index contributed by atoms with van der Waals surface area (Å²) in [5.41, 5.74) is 1.85. The molecule has 0 fully saturated rings. The minimum atomic E-state index is -0.268. The molecule has 1 amide bonds. The van der Waals surface area contributed by atoms with E-state index >= 15 is 0 Å². The van der Waals surface area contributed by atoms with Crippen molar-refractivity contribution in [2.45, 2.75) is 0 Å². The number of hydrogen-bond acceptors (Lipinski definition) is 5. The normalized spacial score (nSPS) is 10.3. The van der Waals surface area contributed by atoms with E-state index in [1.807, 2.05) is 36.4 Å². The first kappa shape index (κ1) is 18.4. The number of methoxy groups -OCH3 is 1. The number of hydrogen-bond donors (Lipinski definition) is 2. The summed E-state index contributed by atoms with van der Waals surface area (Å²) < 4.78 is 10.7. The molecule has 0 radical (unpaired) electrons. The summed E-state index contributed by atoms with van der Waals surface area (Å²) in [6.07, 6.45) is 1.63. The van der Waals surface area contributed by atoms with E-state index < -0.39 is 0 Å². The van der Waals surface area contributed by atoms with Crippen LogP contribution in [0.2, 0.25) is 0 Å². The SMILES string of the molecule is COCCNc1ccc(C(=O)Nc2ccc(Oc3ccccc3)cc2)nc1. The highest BCUT2D eigenvalue weighted by Crippen LogP contribution is 2.22. The lowest BCUT2D eigenvalue weighted by molar-refractivity contribution is 0.102.